The van der Waals surface area contributed by atoms with Crippen LogP contribution in [0.25, 0.3) is 0 Å². The summed E-state index contributed by atoms with van der Waals surface area (Å²) in [6, 6.07) is 7.70. The van der Waals surface area contributed by atoms with Gasteiger partial charge in [0.15, 0.2) is 0 Å². The van der Waals surface area contributed by atoms with Crippen LogP contribution in [0.15, 0.2) is 33.6 Å². The van der Waals surface area contributed by atoms with Crippen LogP contribution >= 0.6 is 27.7 Å². The Morgan fingerprint density at radius 3 is 2.77 bits per heavy atom. The molecule has 0 saturated carbocycles. The van der Waals surface area contributed by atoms with Gasteiger partial charge in [0.1, 0.15) is 0 Å². The highest BCUT2D eigenvalue weighted by molar-refractivity contribution is 9.10. The van der Waals surface area contributed by atoms with Crippen molar-refractivity contribution >= 4 is 27.7 Å². The van der Waals surface area contributed by atoms with Crippen LogP contribution in [0, 0.1) is 10.1 Å². The Morgan fingerprint density at radius 1 is 1.46 bits per heavy atom. The van der Waals surface area contributed by atoms with Crippen molar-refractivity contribution in [3.63, 3.8) is 0 Å². The van der Waals surface area contributed by atoms with Gasteiger partial charge in [-0.05, 0) is 28.1 Å². The molecule has 0 saturated heterocycles. The van der Waals surface area contributed by atoms with Gasteiger partial charge in [-0.15, -0.1) is 11.8 Å². The lowest BCUT2D eigenvalue weighted by Crippen LogP contribution is -2.02. The summed E-state index contributed by atoms with van der Waals surface area (Å²) in [5.41, 5.74) is 0. The zero-order valence-electron chi connectivity index (χ0n) is 6.77. The lowest BCUT2D eigenvalue weighted by atomic mass is 10.4. The predicted octanol–water partition coefficient (Wildman–Crippen LogP) is 2.82. The summed E-state index contributed by atoms with van der Waals surface area (Å²) in [5, 5.41) is 10.1. The highest BCUT2D eigenvalue weighted by atomic mass is 79.9. The number of hydrogen-bond acceptors (Lipinski definition) is 3. The molecule has 5 heteroatoms. The molecule has 1 aromatic carbocycles. The number of nitrogens with zero attached hydrogens (tertiary/aromatic N) is 1. The first-order valence-electron chi connectivity index (χ1n) is 3.69. The van der Waals surface area contributed by atoms with Gasteiger partial charge in [-0.2, -0.15) is 0 Å². The molecule has 1 aromatic rings. The Kier molecular flexibility index (Phi) is 4.24. The summed E-state index contributed by atoms with van der Waals surface area (Å²) in [7, 11) is 0. The summed E-state index contributed by atoms with van der Waals surface area (Å²) in [5.74, 6) is 0.510. The molecule has 1 rings (SSSR count). The Morgan fingerprint density at radius 2 is 2.15 bits per heavy atom. The molecule has 0 aliphatic carbocycles. The summed E-state index contributed by atoms with van der Waals surface area (Å²) in [4.78, 5) is 10.8. The first-order chi connectivity index (χ1) is 6.20. The lowest BCUT2D eigenvalue weighted by molar-refractivity contribution is -0.474. The molecule has 0 fully saturated rings. The highest BCUT2D eigenvalue weighted by Crippen LogP contribution is 2.26. The highest BCUT2D eigenvalue weighted by Gasteiger charge is 2.01. The molecule has 0 aliphatic rings. The summed E-state index contributed by atoms with van der Waals surface area (Å²) in [6.07, 6.45) is 0. The molecule has 0 N–H and O–H groups in total. The van der Waals surface area contributed by atoms with Crippen molar-refractivity contribution in [2.45, 2.75) is 4.90 Å². The number of thioether (sulfide) groups is 1. The van der Waals surface area contributed by atoms with Crippen LogP contribution in [0.3, 0.4) is 0 Å². The van der Waals surface area contributed by atoms with Gasteiger partial charge in [0.25, 0.3) is 0 Å². The van der Waals surface area contributed by atoms with Crippen LogP contribution in [0.5, 0.6) is 0 Å². The predicted molar refractivity (Wildman–Crippen MR) is 56.7 cm³/mol. The van der Waals surface area contributed by atoms with E-state index in [2.05, 4.69) is 15.9 Å². The van der Waals surface area contributed by atoms with Crippen molar-refractivity contribution in [3.05, 3.63) is 38.9 Å². The van der Waals surface area contributed by atoms with Gasteiger partial charge in [0.05, 0.1) is 5.75 Å². The molecule has 0 atom stereocenters. The molecule has 0 unspecified atom stereocenters. The Balaban J connectivity index is 2.45. The van der Waals surface area contributed by atoms with Gasteiger partial charge in [0, 0.05) is 14.3 Å². The van der Waals surface area contributed by atoms with E-state index in [4.69, 9.17) is 0 Å². The molecule has 0 amide bonds. The fourth-order valence-corrected chi connectivity index (χ4v) is 2.26. The number of hydrogen-bond donors (Lipinski definition) is 0. The summed E-state index contributed by atoms with van der Waals surface area (Å²) < 4.78 is 0.989. The molecule has 0 aromatic heterocycles. The van der Waals surface area contributed by atoms with Gasteiger partial charge < -0.3 is 0 Å². The van der Waals surface area contributed by atoms with Crippen molar-refractivity contribution in [2.75, 3.05) is 12.3 Å². The van der Waals surface area contributed by atoms with Gasteiger partial charge in [-0.1, -0.05) is 12.1 Å². The lowest BCUT2D eigenvalue weighted by Gasteiger charge is -2.00. The molecule has 0 radical (unpaired) electrons. The van der Waals surface area contributed by atoms with Crippen molar-refractivity contribution in [1.29, 1.82) is 0 Å². The normalized spacial score (nSPS) is 9.92. The van der Waals surface area contributed by atoms with Crippen LogP contribution in [0.1, 0.15) is 0 Å². The van der Waals surface area contributed by atoms with Gasteiger partial charge in [-0.25, -0.2) is 0 Å². The van der Waals surface area contributed by atoms with E-state index in [0.29, 0.717) is 5.75 Å². The Bertz CT molecular complexity index is 306. The minimum Gasteiger partial charge on any atom is -0.265 e. The maximum atomic E-state index is 10.1. The first-order valence-corrected chi connectivity index (χ1v) is 5.47. The second kappa shape index (κ2) is 5.24. The molecule has 0 aliphatic heterocycles. The third kappa shape index (κ3) is 3.78. The second-order valence-electron chi connectivity index (χ2n) is 2.34. The van der Waals surface area contributed by atoms with Crippen LogP contribution in [-0.2, 0) is 0 Å². The Hall–Kier alpha value is -0.550. The van der Waals surface area contributed by atoms with Crippen molar-refractivity contribution in [2.24, 2.45) is 0 Å². The first kappa shape index (κ1) is 10.5. The molecule has 0 heterocycles. The maximum absolute atomic E-state index is 10.1. The SMILES string of the molecule is O=[N+]([O-])CCSc1ccccc1Br. The fourth-order valence-electron chi connectivity index (χ4n) is 0.792. The topological polar surface area (TPSA) is 43.1 Å². The fraction of sp³-hybridized carbons (Fsp3) is 0.250. The van der Waals surface area contributed by atoms with Gasteiger partial charge >= 0.3 is 0 Å². The number of nitro groups is 1. The molecule has 0 spiro atoms. The van der Waals surface area contributed by atoms with Gasteiger partial charge in [0.2, 0.25) is 6.54 Å². The zero-order valence-corrected chi connectivity index (χ0v) is 9.18. The van der Waals surface area contributed by atoms with E-state index in [0.717, 1.165) is 9.37 Å². The van der Waals surface area contributed by atoms with Crippen LogP contribution in [0.2, 0.25) is 0 Å². The standard InChI is InChI=1S/C8H8BrNO2S/c9-7-3-1-2-4-8(7)13-6-5-10(11)12/h1-4H,5-6H2. The summed E-state index contributed by atoms with van der Waals surface area (Å²) in [6.45, 7) is 0.00595. The smallest absolute Gasteiger partial charge is 0.213 e. The number of halogens is 1. The van der Waals surface area contributed by atoms with E-state index in [1.54, 1.807) is 0 Å². The van der Waals surface area contributed by atoms with Crippen LogP contribution < -0.4 is 0 Å². The van der Waals surface area contributed by atoms with Crippen molar-refractivity contribution in [3.8, 4) is 0 Å². The quantitative estimate of drug-likeness (QED) is 0.476. The van der Waals surface area contributed by atoms with Gasteiger partial charge in [-0.3, -0.25) is 10.1 Å². The van der Waals surface area contributed by atoms with E-state index < -0.39 is 0 Å². The number of rotatable bonds is 4. The third-order valence-electron chi connectivity index (χ3n) is 1.37. The molecule has 13 heavy (non-hydrogen) atoms. The van der Waals surface area contributed by atoms with E-state index in [1.807, 2.05) is 24.3 Å². The molecule has 3 nitrogen and oxygen atoms in total. The molecular formula is C8H8BrNO2S. The minimum atomic E-state index is -0.302. The minimum absolute atomic E-state index is 0.00595. The molecule has 0 bridgehead atoms. The largest absolute Gasteiger partial charge is 0.265 e. The molecular weight excluding hydrogens is 254 g/mol. The second-order valence-corrected chi connectivity index (χ2v) is 4.33. The van der Waals surface area contributed by atoms with E-state index in [9.17, 15) is 10.1 Å². The Labute approximate surface area is 88.8 Å². The average Bonchev–Trinajstić information content (AvgIpc) is 2.08. The molecule has 70 valence electrons. The van der Waals surface area contributed by atoms with Crippen molar-refractivity contribution in [1.82, 2.24) is 0 Å². The summed E-state index contributed by atoms with van der Waals surface area (Å²) >= 11 is 4.86. The van der Waals surface area contributed by atoms with Crippen LogP contribution in [-0.4, -0.2) is 17.2 Å². The monoisotopic (exact) mass is 261 g/mol. The zero-order chi connectivity index (χ0) is 9.68. The average molecular weight is 262 g/mol. The van der Waals surface area contributed by atoms with Crippen LogP contribution in [0.4, 0.5) is 0 Å². The van der Waals surface area contributed by atoms with E-state index in [1.165, 1.54) is 11.8 Å². The van der Waals surface area contributed by atoms with E-state index in [-0.39, 0.29) is 11.5 Å². The van der Waals surface area contributed by atoms with Crippen molar-refractivity contribution < 1.29 is 4.92 Å². The van der Waals surface area contributed by atoms with E-state index >= 15 is 0 Å². The third-order valence-corrected chi connectivity index (χ3v) is 3.38. The number of benzene rings is 1. The maximum Gasteiger partial charge on any atom is 0.213 e.